The Morgan fingerprint density at radius 2 is 2.47 bits per heavy atom. The third kappa shape index (κ3) is 3.41. The molecule has 0 saturated carbocycles. The van der Waals surface area contributed by atoms with Gasteiger partial charge in [-0.3, -0.25) is 10.5 Å². The molecule has 1 saturated heterocycles. The predicted octanol–water partition coefficient (Wildman–Crippen LogP) is 0.475. The topological polar surface area (TPSA) is 114 Å². The van der Waals surface area contributed by atoms with Crippen LogP contribution in [-0.2, 0) is 0 Å². The van der Waals surface area contributed by atoms with E-state index in [-0.39, 0.29) is 12.5 Å². The van der Waals surface area contributed by atoms with Crippen LogP contribution in [0.5, 0.6) is 0 Å². The maximum absolute atomic E-state index is 9.17. The highest BCUT2D eigenvalue weighted by Gasteiger charge is 2.26. The lowest BCUT2D eigenvalue weighted by atomic mass is 10.1. The van der Waals surface area contributed by atoms with E-state index in [1.165, 1.54) is 0 Å². The second-order valence-corrected chi connectivity index (χ2v) is 4.47. The Kier molecular flexibility index (Phi) is 3.96. The summed E-state index contributed by atoms with van der Waals surface area (Å²) in [5, 5.41) is 23.8. The Morgan fingerprint density at radius 3 is 3.11 bits per heavy atom. The average Bonchev–Trinajstić information content (AvgIpc) is 2.72. The molecule has 0 radical (unpaired) electrons. The van der Waals surface area contributed by atoms with Crippen molar-refractivity contribution in [3.8, 4) is 0 Å². The molecule has 1 aliphatic rings. The minimum Gasteiger partial charge on any atom is -0.389 e. The van der Waals surface area contributed by atoms with Gasteiger partial charge in [0, 0.05) is 19.2 Å². The number of aliphatic imine (C=N–C) groups is 1. The van der Waals surface area contributed by atoms with E-state index in [0.29, 0.717) is 30.6 Å². The smallest absolute Gasteiger partial charge is 0.175 e. The number of nitrogens with two attached hydrogens (primary N) is 1. The molecule has 0 bridgehead atoms. The van der Waals surface area contributed by atoms with Crippen LogP contribution in [0.4, 0.5) is 5.82 Å². The number of allylic oxidation sites excluding steroid dienone is 1. The SMILES string of the molecule is C/C=C/c1cc(N=C(N)CC(=N)N2CC(O)C2)n[nH]1. The molecule has 0 atom stereocenters. The molecule has 1 aromatic heterocycles. The van der Waals surface area contributed by atoms with Gasteiger partial charge in [0.25, 0.3) is 0 Å². The lowest BCUT2D eigenvalue weighted by molar-refractivity contribution is 0.0453. The fourth-order valence-electron chi connectivity index (χ4n) is 1.79. The molecule has 102 valence electrons. The molecule has 7 heteroatoms. The Morgan fingerprint density at radius 1 is 1.74 bits per heavy atom. The molecule has 0 spiro atoms. The van der Waals surface area contributed by atoms with Gasteiger partial charge in [-0.2, -0.15) is 5.10 Å². The van der Waals surface area contributed by atoms with Crippen molar-refractivity contribution in [1.29, 1.82) is 5.41 Å². The number of hydrogen-bond acceptors (Lipinski definition) is 4. The number of hydrogen-bond donors (Lipinski definition) is 4. The number of nitrogens with zero attached hydrogens (tertiary/aromatic N) is 3. The third-order valence-corrected chi connectivity index (χ3v) is 2.78. The van der Waals surface area contributed by atoms with Crippen LogP contribution < -0.4 is 5.73 Å². The highest BCUT2D eigenvalue weighted by molar-refractivity contribution is 6.01. The van der Waals surface area contributed by atoms with Crippen LogP contribution in [0.1, 0.15) is 19.0 Å². The second kappa shape index (κ2) is 5.66. The summed E-state index contributed by atoms with van der Waals surface area (Å²) in [5.41, 5.74) is 6.65. The van der Waals surface area contributed by atoms with Gasteiger partial charge in [-0.1, -0.05) is 6.08 Å². The van der Waals surface area contributed by atoms with Crippen LogP contribution in [0.3, 0.4) is 0 Å². The molecular weight excluding hydrogens is 244 g/mol. The first kappa shape index (κ1) is 13.3. The number of aromatic amines is 1. The summed E-state index contributed by atoms with van der Waals surface area (Å²) >= 11 is 0. The van der Waals surface area contributed by atoms with Crippen molar-refractivity contribution in [2.45, 2.75) is 19.4 Å². The van der Waals surface area contributed by atoms with Gasteiger partial charge in [-0.25, -0.2) is 4.99 Å². The molecule has 19 heavy (non-hydrogen) atoms. The molecule has 1 aliphatic heterocycles. The monoisotopic (exact) mass is 262 g/mol. The van der Waals surface area contributed by atoms with Crippen LogP contribution in [0, 0.1) is 5.41 Å². The molecular formula is C12H18N6O. The highest BCUT2D eigenvalue weighted by Crippen LogP contribution is 2.12. The van der Waals surface area contributed by atoms with E-state index in [1.54, 1.807) is 11.0 Å². The summed E-state index contributed by atoms with van der Waals surface area (Å²) in [5.74, 6) is 1.21. The first-order valence-corrected chi connectivity index (χ1v) is 6.10. The van der Waals surface area contributed by atoms with Gasteiger partial charge in [0.2, 0.25) is 0 Å². The molecule has 5 N–H and O–H groups in total. The van der Waals surface area contributed by atoms with Crippen molar-refractivity contribution in [1.82, 2.24) is 15.1 Å². The Bertz CT molecular complexity index is 512. The number of aliphatic hydroxyl groups excluding tert-OH is 1. The minimum absolute atomic E-state index is 0.262. The normalized spacial score (nSPS) is 16.9. The van der Waals surface area contributed by atoms with Crippen molar-refractivity contribution >= 4 is 23.6 Å². The third-order valence-electron chi connectivity index (χ3n) is 2.78. The molecule has 2 heterocycles. The Labute approximate surface area is 111 Å². The highest BCUT2D eigenvalue weighted by atomic mass is 16.3. The first-order chi connectivity index (χ1) is 9.08. The number of amidine groups is 2. The van der Waals surface area contributed by atoms with E-state index < -0.39 is 0 Å². The largest absolute Gasteiger partial charge is 0.389 e. The number of rotatable bonds is 4. The van der Waals surface area contributed by atoms with Gasteiger partial charge in [-0.15, -0.1) is 0 Å². The van der Waals surface area contributed by atoms with E-state index in [0.717, 1.165) is 5.69 Å². The van der Waals surface area contributed by atoms with Gasteiger partial charge in [-0.05, 0) is 13.0 Å². The molecule has 0 aliphatic carbocycles. The molecule has 0 amide bonds. The van der Waals surface area contributed by atoms with Gasteiger partial charge < -0.3 is 15.7 Å². The van der Waals surface area contributed by atoms with Crippen LogP contribution in [0.15, 0.2) is 17.1 Å². The molecule has 0 aromatic carbocycles. The van der Waals surface area contributed by atoms with E-state index >= 15 is 0 Å². The summed E-state index contributed by atoms with van der Waals surface area (Å²) in [6.45, 7) is 2.92. The number of nitrogens with one attached hydrogen (secondary N) is 2. The van der Waals surface area contributed by atoms with E-state index in [9.17, 15) is 0 Å². The van der Waals surface area contributed by atoms with Crippen molar-refractivity contribution in [2.75, 3.05) is 13.1 Å². The van der Waals surface area contributed by atoms with Gasteiger partial charge >= 0.3 is 0 Å². The summed E-state index contributed by atoms with van der Waals surface area (Å²) in [7, 11) is 0. The number of β-amino-alcohol motifs (C(OH)–C–C–N with tert-alkyl or cyclic N) is 1. The molecule has 2 rings (SSSR count). The maximum Gasteiger partial charge on any atom is 0.175 e. The van der Waals surface area contributed by atoms with Crippen LogP contribution in [-0.4, -0.2) is 51.1 Å². The average molecular weight is 262 g/mol. The quantitative estimate of drug-likeness (QED) is 0.466. The number of H-pyrrole nitrogens is 1. The second-order valence-electron chi connectivity index (χ2n) is 4.47. The number of aromatic nitrogens is 2. The van der Waals surface area contributed by atoms with Gasteiger partial charge in [0.15, 0.2) is 5.82 Å². The molecule has 7 nitrogen and oxygen atoms in total. The van der Waals surface area contributed by atoms with Gasteiger partial charge in [0.1, 0.15) is 11.7 Å². The predicted molar refractivity (Wildman–Crippen MR) is 74.5 cm³/mol. The molecule has 0 unspecified atom stereocenters. The zero-order valence-corrected chi connectivity index (χ0v) is 10.8. The molecule has 1 aromatic rings. The maximum atomic E-state index is 9.17. The van der Waals surface area contributed by atoms with Crippen molar-refractivity contribution in [2.24, 2.45) is 10.7 Å². The number of aliphatic hydroxyl groups is 1. The summed E-state index contributed by atoms with van der Waals surface area (Å²) in [6.07, 6.45) is 3.72. The summed E-state index contributed by atoms with van der Waals surface area (Å²) < 4.78 is 0. The number of likely N-dealkylation sites (tertiary alicyclic amines) is 1. The lowest BCUT2D eigenvalue weighted by Crippen LogP contribution is -2.53. The van der Waals surface area contributed by atoms with Gasteiger partial charge in [0.05, 0.1) is 18.2 Å². The van der Waals surface area contributed by atoms with Crippen LogP contribution >= 0.6 is 0 Å². The van der Waals surface area contributed by atoms with Crippen molar-refractivity contribution < 1.29 is 5.11 Å². The first-order valence-electron chi connectivity index (χ1n) is 6.10. The van der Waals surface area contributed by atoms with E-state index in [2.05, 4.69) is 15.2 Å². The lowest BCUT2D eigenvalue weighted by Gasteiger charge is -2.37. The Balaban J connectivity index is 1.92. The van der Waals surface area contributed by atoms with Crippen LogP contribution in [0.25, 0.3) is 6.08 Å². The summed E-state index contributed by atoms with van der Waals surface area (Å²) in [6, 6.07) is 1.78. The molecule has 1 fully saturated rings. The van der Waals surface area contributed by atoms with Crippen molar-refractivity contribution in [3.63, 3.8) is 0 Å². The van der Waals surface area contributed by atoms with E-state index in [1.807, 2.05) is 19.1 Å². The fourth-order valence-corrected chi connectivity index (χ4v) is 1.79. The minimum atomic E-state index is -0.326. The Hall–Kier alpha value is -2.15. The standard InChI is InChI=1S/C12H18N6O/c1-2-3-8-4-12(17-16-8)15-10(13)5-11(14)18-6-9(19)7-18/h2-4,9,14,19H,5-7H2,1H3,(H3,13,15,16,17)/b3-2+,14-11?. The van der Waals surface area contributed by atoms with Crippen molar-refractivity contribution in [3.05, 3.63) is 17.8 Å². The zero-order valence-electron chi connectivity index (χ0n) is 10.8. The van der Waals surface area contributed by atoms with Crippen LogP contribution in [0.2, 0.25) is 0 Å². The summed E-state index contributed by atoms with van der Waals surface area (Å²) in [4.78, 5) is 5.92. The fraction of sp³-hybridized carbons (Fsp3) is 0.417. The van der Waals surface area contributed by atoms with E-state index in [4.69, 9.17) is 16.2 Å². The zero-order chi connectivity index (χ0) is 13.8.